The van der Waals surface area contributed by atoms with Gasteiger partial charge in [-0.1, -0.05) is 32.9 Å². The molecule has 6 nitrogen and oxygen atoms in total. The van der Waals surface area contributed by atoms with Gasteiger partial charge in [-0.05, 0) is 37.0 Å². The van der Waals surface area contributed by atoms with Gasteiger partial charge in [-0.2, -0.15) is 0 Å². The second-order valence-corrected chi connectivity index (χ2v) is 8.01. The number of aromatic nitrogens is 1. The maximum Gasteiger partial charge on any atom is 0.311 e. The van der Waals surface area contributed by atoms with Gasteiger partial charge in [0.15, 0.2) is 11.2 Å². The highest BCUT2D eigenvalue weighted by Crippen LogP contribution is 2.25. The van der Waals surface area contributed by atoms with Gasteiger partial charge < -0.3 is 9.47 Å². The number of ether oxygens (including phenoxy) is 2. The van der Waals surface area contributed by atoms with Crippen LogP contribution in [0.15, 0.2) is 29.6 Å². The summed E-state index contributed by atoms with van der Waals surface area (Å²) in [5.74, 6) is -0.00389. The van der Waals surface area contributed by atoms with Gasteiger partial charge >= 0.3 is 5.97 Å². The Bertz CT molecular complexity index is 778. The molecule has 0 spiro atoms. The fourth-order valence-corrected chi connectivity index (χ4v) is 3.02. The molecule has 2 aromatic rings. The van der Waals surface area contributed by atoms with Crippen molar-refractivity contribution in [3.8, 4) is 5.75 Å². The molecule has 0 saturated heterocycles. The van der Waals surface area contributed by atoms with Crippen LogP contribution in [0.5, 0.6) is 5.75 Å². The molecule has 0 fully saturated rings. The highest BCUT2D eigenvalue weighted by atomic mass is 32.1. The number of carbonyl (C=O) groups is 2. The first kappa shape index (κ1) is 20.9. The van der Waals surface area contributed by atoms with Gasteiger partial charge in [-0.25, -0.2) is 4.98 Å². The van der Waals surface area contributed by atoms with Crippen LogP contribution in [0.1, 0.15) is 45.9 Å². The number of thiazole rings is 1. The molecule has 1 N–H and O–H groups in total. The van der Waals surface area contributed by atoms with E-state index in [2.05, 4.69) is 31.1 Å². The van der Waals surface area contributed by atoms with Crippen molar-refractivity contribution in [1.82, 2.24) is 4.98 Å². The summed E-state index contributed by atoms with van der Waals surface area (Å²) in [6.45, 7) is 10.2. The molecule has 0 aliphatic carbocycles. The summed E-state index contributed by atoms with van der Waals surface area (Å²) in [4.78, 5) is 28.0. The van der Waals surface area contributed by atoms with E-state index < -0.39 is 6.10 Å². The first-order valence-corrected chi connectivity index (χ1v) is 9.75. The molecular formula is C20H26N2O4S. The van der Waals surface area contributed by atoms with Gasteiger partial charge in [0.2, 0.25) is 0 Å². The van der Waals surface area contributed by atoms with Crippen molar-refractivity contribution >= 4 is 28.3 Å². The molecule has 27 heavy (non-hydrogen) atoms. The Morgan fingerprint density at radius 3 is 2.48 bits per heavy atom. The molecule has 2 rings (SSSR count). The van der Waals surface area contributed by atoms with Crippen molar-refractivity contribution < 1.29 is 19.1 Å². The Hall–Kier alpha value is -2.41. The maximum absolute atomic E-state index is 12.3. The van der Waals surface area contributed by atoms with E-state index in [9.17, 15) is 9.59 Å². The summed E-state index contributed by atoms with van der Waals surface area (Å²) in [6, 6.07) is 7.74. The van der Waals surface area contributed by atoms with Gasteiger partial charge in [0.05, 0.1) is 18.7 Å². The number of carbonyl (C=O) groups excluding carboxylic acids is 2. The number of hydrogen-bond acceptors (Lipinski definition) is 6. The number of rotatable bonds is 7. The molecular weight excluding hydrogens is 364 g/mol. The van der Waals surface area contributed by atoms with Gasteiger partial charge in [0, 0.05) is 5.38 Å². The summed E-state index contributed by atoms with van der Waals surface area (Å²) >= 11 is 1.26. The van der Waals surface area contributed by atoms with E-state index in [-0.39, 0.29) is 23.7 Å². The molecule has 146 valence electrons. The Kier molecular flexibility index (Phi) is 6.96. The molecule has 0 saturated carbocycles. The Morgan fingerprint density at radius 2 is 1.89 bits per heavy atom. The van der Waals surface area contributed by atoms with E-state index in [0.717, 1.165) is 0 Å². The number of hydrogen-bond donors (Lipinski definition) is 1. The summed E-state index contributed by atoms with van der Waals surface area (Å²) in [7, 11) is 0. The zero-order chi connectivity index (χ0) is 20.0. The average Bonchev–Trinajstić information content (AvgIpc) is 3.01. The molecule has 1 heterocycles. The van der Waals surface area contributed by atoms with Gasteiger partial charge in [-0.15, -0.1) is 11.3 Å². The minimum Gasteiger partial charge on any atom is -0.481 e. The first-order valence-electron chi connectivity index (χ1n) is 8.87. The van der Waals surface area contributed by atoms with Crippen LogP contribution in [0.4, 0.5) is 5.13 Å². The molecule has 1 aromatic carbocycles. The van der Waals surface area contributed by atoms with E-state index >= 15 is 0 Å². The van der Waals surface area contributed by atoms with Crippen LogP contribution in [0.3, 0.4) is 0 Å². The largest absolute Gasteiger partial charge is 0.481 e. The van der Waals surface area contributed by atoms with Crippen molar-refractivity contribution in [2.75, 3.05) is 11.9 Å². The van der Waals surface area contributed by atoms with E-state index in [1.54, 1.807) is 19.2 Å². The number of anilines is 1. The van der Waals surface area contributed by atoms with E-state index in [1.807, 2.05) is 24.3 Å². The lowest BCUT2D eigenvalue weighted by atomic mass is 9.87. The van der Waals surface area contributed by atoms with E-state index in [0.29, 0.717) is 23.2 Å². The van der Waals surface area contributed by atoms with Crippen LogP contribution >= 0.6 is 11.3 Å². The molecule has 0 bridgehead atoms. The van der Waals surface area contributed by atoms with Crippen LogP contribution in [-0.2, 0) is 26.2 Å². The topological polar surface area (TPSA) is 77.5 Å². The second-order valence-electron chi connectivity index (χ2n) is 7.15. The van der Waals surface area contributed by atoms with Crippen LogP contribution in [-0.4, -0.2) is 29.6 Å². The lowest BCUT2D eigenvalue weighted by Crippen LogP contribution is -2.30. The molecule has 0 radical (unpaired) electrons. The second kappa shape index (κ2) is 8.99. The molecule has 1 amide bonds. The predicted molar refractivity (Wildman–Crippen MR) is 106 cm³/mol. The molecule has 0 aliphatic heterocycles. The first-order chi connectivity index (χ1) is 12.7. The zero-order valence-corrected chi connectivity index (χ0v) is 17.2. The summed E-state index contributed by atoms with van der Waals surface area (Å²) < 4.78 is 10.6. The summed E-state index contributed by atoms with van der Waals surface area (Å²) in [6.07, 6.45) is -0.588. The lowest BCUT2D eigenvalue weighted by Gasteiger charge is -2.20. The SMILES string of the molecule is CCOC(=O)Cc1csc(NC(=O)C(C)Oc2ccc(C(C)(C)C)cc2)n1. The van der Waals surface area contributed by atoms with Crippen molar-refractivity contribution in [1.29, 1.82) is 0 Å². The molecule has 1 unspecified atom stereocenters. The Balaban J connectivity index is 1.90. The third kappa shape index (κ3) is 6.36. The standard InChI is InChI=1S/C20H26N2O4S/c1-6-25-17(23)11-15-12-27-19(21-15)22-18(24)13(2)26-16-9-7-14(8-10-16)20(3,4)5/h7-10,12-13H,6,11H2,1-5H3,(H,21,22,24). The number of esters is 1. The Morgan fingerprint density at radius 1 is 1.22 bits per heavy atom. The number of benzene rings is 1. The predicted octanol–water partition coefficient (Wildman–Crippen LogP) is 3.95. The van der Waals surface area contributed by atoms with Crippen LogP contribution in [0.25, 0.3) is 0 Å². The van der Waals surface area contributed by atoms with Crippen molar-refractivity contribution in [2.24, 2.45) is 0 Å². The highest BCUT2D eigenvalue weighted by molar-refractivity contribution is 7.13. The minimum atomic E-state index is -0.678. The smallest absolute Gasteiger partial charge is 0.311 e. The average molecular weight is 391 g/mol. The normalized spacial score (nSPS) is 12.3. The molecule has 7 heteroatoms. The molecule has 1 atom stereocenters. The lowest BCUT2D eigenvalue weighted by molar-refractivity contribution is -0.142. The summed E-state index contributed by atoms with van der Waals surface area (Å²) in [5.41, 5.74) is 1.83. The molecule has 1 aromatic heterocycles. The minimum absolute atomic E-state index is 0.0631. The van der Waals surface area contributed by atoms with Gasteiger partial charge in [-0.3, -0.25) is 14.9 Å². The van der Waals surface area contributed by atoms with Crippen LogP contribution < -0.4 is 10.1 Å². The highest BCUT2D eigenvalue weighted by Gasteiger charge is 2.18. The van der Waals surface area contributed by atoms with Crippen LogP contribution in [0.2, 0.25) is 0 Å². The third-order valence-electron chi connectivity index (χ3n) is 3.82. The number of nitrogens with zero attached hydrogens (tertiary/aromatic N) is 1. The monoisotopic (exact) mass is 390 g/mol. The van der Waals surface area contributed by atoms with E-state index in [1.165, 1.54) is 16.9 Å². The van der Waals surface area contributed by atoms with Crippen LogP contribution in [0, 0.1) is 0 Å². The van der Waals surface area contributed by atoms with Crippen molar-refractivity contribution in [3.63, 3.8) is 0 Å². The molecule has 0 aliphatic rings. The summed E-state index contributed by atoms with van der Waals surface area (Å²) in [5, 5.41) is 4.87. The number of amides is 1. The fraction of sp³-hybridized carbons (Fsp3) is 0.450. The quantitative estimate of drug-likeness (QED) is 0.724. The number of nitrogens with one attached hydrogen (secondary N) is 1. The van der Waals surface area contributed by atoms with Gasteiger partial charge in [0.25, 0.3) is 5.91 Å². The van der Waals surface area contributed by atoms with Crippen molar-refractivity contribution in [3.05, 3.63) is 40.9 Å². The Labute approximate surface area is 163 Å². The van der Waals surface area contributed by atoms with Crippen molar-refractivity contribution in [2.45, 2.75) is 52.6 Å². The third-order valence-corrected chi connectivity index (χ3v) is 4.62. The van der Waals surface area contributed by atoms with E-state index in [4.69, 9.17) is 9.47 Å². The van der Waals surface area contributed by atoms with Gasteiger partial charge in [0.1, 0.15) is 5.75 Å². The fourth-order valence-electron chi connectivity index (χ4n) is 2.30. The maximum atomic E-state index is 12.3. The zero-order valence-electron chi connectivity index (χ0n) is 16.4.